The highest BCUT2D eigenvalue weighted by atomic mass is 16.2. The standard InChI is InChI=1S/C16H18N2O/c17-16(19)18-15(14-9-5-2-6-10-14)12-11-13-7-3-1-4-8-13/h1-10,15H,11-12H2,(H3,17,18,19). The molecule has 19 heavy (non-hydrogen) atoms. The normalized spacial score (nSPS) is 11.8. The molecule has 2 rings (SSSR count). The summed E-state index contributed by atoms with van der Waals surface area (Å²) >= 11 is 0. The van der Waals surface area contributed by atoms with Gasteiger partial charge in [0.25, 0.3) is 0 Å². The van der Waals surface area contributed by atoms with Gasteiger partial charge < -0.3 is 11.1 Å². The molecule has 2 amide bonds. The molecule has 2 aromatic rings. The molecule has 0 radical (unpaired) electrons. The SMILES string of the molecule is NC(=O)NC(CCc1ccccc1)c1ccccc1. The minimum atomic E-state index is -0.484. The molecule has 0 aliphatic carbocycles. The molecule has 0 spiro atoms. The van der Waals surface area contributed by atoms with Crippen molar-refractivity contribution in [1.82, 2.24) is 5.32 Å². The van der Waals surface area contributed by atoms with E-state index in [0.29, 0.717) is 0 Å². The molecule has 3 N–H and O–H groups in total. The van der Waals surface area contributed by atoms with Crippen molar-refractivity contribution >= 4 is 6.03 Å². The Morgan fingerprint density at radius 1 is 1.00 bits per heavy atom. The van der Waals surface area contributed by atoms with Crippen LogP contribution in [0.3, 0.4) is 0 Å². The van der Waals surface area contributed by atoms with Crippen LogP contribution >= 0.6 is 0 Å². The fourth-order valence-electron chi connectivity index (χ4n) is 2.13. The van der Waals surface area contributed by atoms with Crippen molar-refractivity contribution in [2.45, 2.75) is 18.9 Å². The van der Waals surface area contributed by atoms with Gasteiger partial charge in [-0.25, -0.2) is 4.79 Å². The van der Waals surface area contributed by atoms with Crippen molar-refractivity contribution in [3.05, 3.63) is 71.8 Å². The fourth-order valence-corrected chi connectivity index (χ4v) is 2.13. The average Bonchev–Trinajstić information content (AvgIpc) is 2.45. The highest BCUT2D eigenvalue weighted by molar-refractivity contribution is 5.72. The molecular weight excluding hydrogens is 236 g/mol. The van der Waals surface area contributed by atoms with Crippen LogP contribution in [0.25, 0.3) is 0 Å². The van der Waals surface area contributed by atoms with E-state index in [1.54, 1.807) is 0 Å². The maximum atomic E-state index is 11.1. The van der Waals surface area contributed by atoms with Crippen LogP contribution < -0.4 is 11.1 Å². The first-order chi connectivity index (χ1) is 9.25. The van der Waals surface area contributed by atoms with Crippen LogP contribution in [-0.4, -0.2) is 6.03 Å². The molecule has 0 fully saturated rings. The number of hydrogen-bond donors (Lipinski definition) is 2. The number of rotatable bonds is 5. The minimum Gasteiger partial charge on any atom is -0.352 e. The summed E-state index contributed by atoms with van der Waals surface area (Å²) in [4.78, 5) is 11.1. The number of carbonyl (C=O) groups is 1. The second-order valence-corrected chi connectivity index (χ2v) is 4.50. The summed E-state index contributed by atoms with van der Waals surface area (Å²) in [5.41, 5.74) is 7.59. The van der Waals surface area contributed by atoms with E-state index in [-0.39, 0.29) is 6.04 Å². The first kappa shape index (κ1) is 13.1. The lowest BCUT2D eigenvalue weighted by Crippen LogP contribution is -2.33. The zero-order valence-electron chi connectivity index (χ0n) is 10.8. The van der Waals surface area contributed by atoms with Crippen LogP contribution in [0.1, 0.15) is 23.6 Å². The highest BCUT2D eigenvalue weighted by Crippen LogP contribution is 2.18. The van der Waals surface area contributed by atoms with Crippen LogP contribution in [0.2, 0.25) is 0 Å². The molecule has 0 aromatic heterocycles. The smallest absolute Gasteiger partial charge is 0.312 e. The van der Waals surface area contributed by atoms with Gasteiger partial charge in [0, 0.05) is 0 Å². The largest absolute Gasteiger partial charge is 0.352 e. The summed E-state index contributed by atoms with van der Waals surface area (Å²) in [5.74, 6) is 0. The lowest BCUT2D eigenvalue weighted by molar-refractivity contribution is 0.244. The van der Waals surface area contributed by atoms with E-state index in [2.05, 4.69) is 17.4 Å². The number of aryl methyl sites for hydroxylation is 1. The predicted molar refractivity (Wildman–Crippen MR) is 76.7 cm³/mol. The van der Waals surface area contributed by atoms with Gasteiger partial charge in [0.1, 0.15) is 0 Å². The first-order valence-electron chi connectivity index (χ1n) is 6.40. The first-order valence-corrected chi connectivity index (χ1v) is 6.40. The van der Waals surface area contributed by atoms with Gasteiger partial charge in [0.15, 0.2) is 0 Å². The lowest BCUT2D eigenvalue weighted by Gasteiger charge is -2.18. The molecule has 3 heteroatoms. The Balaban J connectivity index is 2.04. The summed E-state index contributed by atoms with van der Waals surface area (Å²) in [5, 5.41) is 2.81. The van der Waals surface area contributed by atoms with Crippen molar-refractivity contribution in [1.29, 1.82) is 0 Å². The van der Waals surface area contributed by atoms with Gasteiger partial charge in [-0.2, -0.15) is 0 Å². The van der Waals surface area contributed by atoms with E-state index in [0.717, 1.165) is 18.4 Å². The number of nitrogens with two attached hydrogens (primary N) is 1. The van der Waals surface area contributed by atoms with Crippen molar-refractivity contribution < 1.29 is 4.79 Å². The van der Waals surface area contributed by atoms with Crippen LogP contribution in [0.4, 0.5) is 4.79 Å². The number of primary amides is 1. The van der Waals surface area contributed by atoms with Crippen molar-refractivity contribution in [2.75, 3.05) is 0 Å². The maximum absolute atomic E-state index is 11.1. The molecule has 0 aliphatic rings. The molecule has 0 saturated heterocycles. The molecule has 3 nitrogen and oxygen atoms in total. The van der Waals surface area contributed by atoms with Crippen LogP contribution in [0.5, 0.6) is 0 Å². The van der Waals surface area contributed by atoms with E-state index in [1.165, 1.54) is 5.56 Å². The third-order valence-electron chi connectivity index (χ3n) is 3.08. The maximum Gasteiger partial charge on any atom is 0.312 e. The van der Waals surface area contributed by atoms with Gasteiger partial charge in [0.05, 0.1) is 6.04 Å². The van der Waals surface area contributed by atoms with E-state index in [4.69, 9.17) is 5.73 Å². The van der Waals surface area contributed by atoms with Gasteiger partial charge in [-0.3, -0.25) is 0 Å². The molecule has 0 heterocycles. The summed E-state index contributed by atoms with van der Waals surface area (Å²) in [6.07, 6.45) is 1.73. The van der Waals surface area contributed by atoms with Gasteiger partial charge in [-0.05, 0) is 24.0 Å². The average molecular weight is 254 g/mol. The van der Waals surface area contributed by atoms with Gasteiger partial charge >= 0.3 is 6.03 Å². The number of carbonyl (C=O) groups excluding carboxylic acids is 1. The van der Waals surface area contributed by atoms with Gasteiger partial charge in [-0.1, -0.05) is 60.7 Å². The zero-order chi connectivity index (χ0) is 13.5. The summed E-state index contributed by atoms with van der Waals surface area (Å²) in [6.45, 7) is 0. The summed E-state index contributed by atoms with van der Waals surface area (Å²) < 4.78 is 0. The lowest BCUT2D eigenvalue weighted by atomic mass is 9.99. The quantitative estimate of drug-likeness (QED) is 0.846. The van der Waals surface area contributed by atoms with Crippen molar-refractivity contribution in [2.24, 2.45) is 5.73 Å². The third kappa shape index (κ3) is 4.14. The fraction of sp³-hybridized carbons (Fsp3) is 0.188. The Bertz CT molecular complexity index is 511. The highest BCUT2D eigenvalue weighted by Gasteiger charge is 2.12. The molecule has 2 aromatic carbocycles. The Kier molecular flexibility index (Phi) is 4.56. The van der Waals surface area contributed by atoms with Crippen LogP contribution in [0.15, 0.2) is 60.7 Å². The number of amides is 2. The Morgan fingerprint density at radius 2 is 1.58 bits per heavy atom. The van der Waals surface area contributed by atoms with E-state index in [9.17, 15) is 4.79 Å². The second-order valence-electron chi connectivity index (χ2n) is 4.50. The monoisotopic (exact) mass is 254 g/mol. The summed E-state index contributed by atoms with van der Waals surface area (Å²) in [6, 6.07) is 19.6. The number of nitrogens with one attached hydrogen (secondary N) is 1. The van der Waals surface area contributed by atoms with Gasteiger partial charge in [0.2, 0.25) is 0 Å². The molecule has 0 saturated carbocycles. The number of urea groups is 1. The second kappa shape index (κ2) is 6.59. The zero-order valence-corrected chi connectivity index (χ0v) is 10.8. The summed E-state index contributed by atoms with van der Waals surface area (Å²) in [7, 11) is 0. The predicted octanol–water partition coefficient (Wildman–Crippen LogP) is 3.03. The molecule has 0 bridgehead atoms. The number of benzene rings is 2. The molecule has 0 aliphatic heterocycles. The Labute approximate surface area is 113 Å². The Hall–Kier alpha value is -2.29. The van der Waals surface area contributed by atoms with E-state index in [1.807, 2.05) is 48.5 Å². The Morgan fingerprint density at radius 3 is 2.16 bits per heavy atom. The van der Waals surface area contributed by atoms with E-state index >= 15 is 0 Å². The van der Waals surface area contributed by atoms with Crippen molar-refractivity contribution in [3.63, 3.8) is 0 Å². The molecule has 1 atom stereocenters. The van der Waals surface area contributed by atoms with Crippen LogP contribution in [-0.2, 0) is 6.42 Å². The molecule has 1 unspecified atom stereocenters. The molecular formula is C16H18N2O. The number of hydrogen-bond acceptors (Lipinski definition) is 1. The van der Waals surface area contributed by atoms with Crippen molar-refractivity contribution in [3.8, 4) is 0 Å². The van der Waals surface area contributed by atoms with Crippen LogP contribution in [0, 0.1) is 0 Å². The molecule has 98 valence electrons. The third-order valence-corrected chi connectivity index (χ3v) is 3.08. The van der Waals surface area contributed by atoms with Gasteiger partial charge in [-0.15, -0.1) is 0 Å². The topological polar surface area (TPSA) is 55.1 Å². The minimum absolute atomic E-state index is 0.0427. The van der Waals surface area contributed by atoms with E-state index < -0.39 is 6.03 Å².